The summed E-state index contributed by atoms with van der Waals surface area (Å²) in [5.41, 5.74) is 1.58. The Labute approximate surface area is 132 Å². The highest BCUT2D eigenvalue weighted by atomic mass is 16.6. The van der Waals surface area contributed by atoms with Crippen molar-refractivity contribution in [3.8, 4) is 0 Å². The molecule has 7 nitrogen and oxygen atoms in total. The maximum atomic E-state index is 10.1. The Morgan fingerprint density at radius 1 is 1.13 bits per heavy atom. The quantitative estimate of drug-likeness (QED) is 0.565. The summed E-state index contributed by atoms with van der Waals surface area (Å²) in [4.78, 5) is 8.41. The van der Waals surface area contributed by atoms with Crippen molar-refractivity contribution in [2.24, 2.45) is 4.99 Å². The van der Waals surface area contributed by atoms with Gasteiger partial charge in [0.2, 0.25) is 0 Å². The molecule has 1 aliphatic rings. The summed E-state index contributed by atoms with van der Waals surface area (Å²) in [5.74, 6) is 0. The van der Waals surface area contributed by atoms with Crippen molar-refractivity contribution in [1.29, 1.82) is 0 Å². The van der Waals surface area contributed by atoms with Crippen molar-refractivity contribution in [2.75, 3.05) is 6.61 Å². The van der Waals surface area contributed by atoms with Crippen LogP contribution in [0.1, 0.15) is 5.56 Å². The molecule has 0 saturated carbocycles. The molecule has 1 aromatic heterocycles. The number of aromatic nitrogens is 1. The van der Waals surface area contributed by atoms with Crippen LogP contribution >= 0.6 is 0 Å². The first-order valence-electron chi connectivity index (χ1n) is 7.29. The SMILES string of the molecule is OC[C@H]1O[C@H](O)[C@H](N=Cc2ccnc3ccccc23)[C@@H](O)[C@@H]1O. The van der Waals surface area contributed by atoms with Gasteiger partial charge in [-0.3, -0.25) is 9.98 Å². The smallest absolute Gasteiger partial charge is 0.180 e. The molecule has 5 atom stereocenters. The van der Waals surface area contributed by atoms with Crippen LogP contribution in [0.4, 0.5) is 0 Å². The molecular weight excluding hydrogens is 300 g/mol. The number of ether oxygens (including phenoxy) is 1. The molecule has 3 rings (SSSR count). The lowest BCUT2D eigenvalue weighted by Crippen LogP contribution is -2.57. The zero-order valence-electron chi connectivity index (χ0n) is 12.2. The van der Waals surface area contributed by atoms with Gasteiger partial charge >= 0.3 is 0 Å². The Bertz CT molecular complexity index is 702. The van der Waals surface area contributed by atoms with Crippen LogP contribution in [-0.2, 0) is 4.74 Å². The van der Waals surface area contributed by atoms with Crippen molar-refractivity contribution in [3.63, 3.8) is 0 Å². The Morgan fingerprint density at radius 3 is 2.70 bits per heavy atom. The number of rotatable bonds is 3. The number of nitrogens with zero attached hydrogens (tertiary/aromatic N) is 2. The highest BCUT2D eigenvalue weighted by Gasteiger charge is 2.43. The van der Waals surface area contributed by atoms with Crippen LogP contribution < -0.4 is 0 Å². The average molecular weight is 318 g/mol. The highest BCUT2D eigenvalue weighted by molar-refractivity contribution is 5.98. The summed E-state index contributed by atoms with van der Waals surface area (Å²) < 4.78 is 5.08. The molecule has 0 amide bonds. The first-order chi connectivity index (χ1) is 11.1. The van der Waals surface area contributed by atoms with Gasteiger partial charge in [0.1, 0.15) is 24.4 Å². The van der Waals surface area contributed by atoms with Gasteiger partial charge in [-0.15, -0.1) is 0 Å². The second-order valence-electron chi connectivity index (χ2n) is 5.41. The third-order valence-corrected chi connectivity index (χ3v) is 3.94. The van der Waals surface area contributed by atoms with Crippen LogP contribution in [0.15, 0.2) is 41.5 Å². The van der Waals surface area contributed by atoms with Gasteiger partial charge in [-0.25, -0.2) is 0 Å². The third-order valence-electron chi connectivity index (χ3n) is 3.94. The lowest BCUT2D eigenvalue weighted by molar-refractivity contribution is -0.248. The minimum atomic E-state index is -1.41. The molecule has 23 heavy (non-hydrogen) atoms. The normalized spacial score (nSPS) is 31.7. The molecule has 4 N–H and O–H groups in total. The lowest BCUT2D eigenvalue weighted by Gasteiger charge is -2.38. The van der Waals surface area contributed by atoms with E-state index in [-0.39, 0.29) is 0 Å². The molecule has 1 aliphatic heterocycles. The van der Waals surface area contributed by atoms with E-state index in [4.69, 9.17) is 9.84 Å². The molecule has 7 heteroatoms. The minimum Gasteiger partial charge on any atom is -0.394 e. The standard InChI is InChI=1S/C16H18N2O5/c19-8-12-14(20)15(21)13(16(22)23-12)18-7-9-5-6-17-11-4-2-1-3-10(9)11/h1-7,12-16,19-22H,8H2/t12-,13-,14-,15-,16+/m1/s1. The van der Waals surface area contributed by atoms with E-state index in [2.05, 4.69) is 9.98 Å². The van der Waals surface area contributed by atoms with Gasteiger partial charge in [0.25, 0.3) is 0 Å². The number of aliphatic hydroxyl groups is 4. The fourth-order valence-corrected chi connectivity index (χ4v) is 2.64. The zero-order chi connectivity index (χ0) is 16.4. The van der Waals surface area contributed by atoms with Crippen LogP contribution in [0.2, 0.25) is 0 Å². The van der Waals surface area contributed by atoms with E-state index in [1.54, 1.807) is 12.3 Å². The Hall–Kier alpha value is -1.90. The van der Waals surface area contributed by atoms with E-state index in [0.717, 1.165) is 16.5 Å². The lowest BCUT2D eigenvalue weighted by atomic mass is 9.97. The van der Waals surface area contributed by atoms with Gasteiger partial charge in [-0.2, -0.15) is 0 Å². The molecule has 2 aromatic rings. The topological polar surface area (TPSA) is 115 Å². The average Bonchev–Trinajstić information content (AvgIpc) is 2.58. The van der Waals surface area contributed by atoms with Crippen molar-refractivity contribution < 1.29 is 25.2 Å². The third kappa shape index (κ3) is 3.10. The maximum Gasteiger partial charge on any atom is 0.180 e. The molecule has 1 aromatic carbocycles. The molecule has 0 radical (unpaired) electrons. The van der Waals surface area contributed by atoms with Crippen molar-refractivity contribution in [1.82, 2.24) is 4.98 Å². The van der Waals surface area contributed by atoms with E-state index in [9.17, 15) is 15.3 Å². The summed E-state index contributed by atoms with van der Waals surface area (Å²) in [6, 6.07) is 8.25. The first kappa shape index (κ1) is 16.0. The second-order valence-corrected chi connectivity index (χ2v) is 5.41. The minimum absolute atomic E-state index is 0.499. The van der Waals surface area contributed by atoms with E-state index >= 15 is 0 Å². The number of fused-ring (bicyclic) bond motifs is 1. The van der Waals surface area contributed by atoms with E-state index in [1.807, 2.05) is 24.3 Å². The number of benzene rings is 1. The molecule has 122 valence electrons. The van der Waals surface area contributed by atoms with Gasteiger partial charge < -0.3 is 25.2 Å². The van der Waals surface area contributed by atoms with Crippen LogP contribution in [0.25, 0.3) is 10.9 Å². The van der Waals surface area contributed by atoms with Crippen molar-refractivity contribution in [3.05, 3.63) is 42.1 Å². The maximum absolute atomic E-state index is 10.1. The summed E-state index contributed by atoms with van der Waals surface area (Å²) in [6.45, 7) is -0.499. The van der Waals surface area contributed by atoms with Gasteiger partial charge in [0.05, 0.1) is 12.1 Å². The van der Waals surface area contributed by atoms with Gasteiger partial charge in [-0.05, 0) is 12.1 Å². The predicted octanol–water partition coefficient (Wildman–Crippen LogP) is -0.546. The number of hydrogen-bond donors (Lipinski definition) is 4. The molecule has 0 spiro atoms. The summed E-state index contributed by atoms with van der Waals surface area (Å²) >= 11 is 0. The van der Waals surface area contributed by atoms with Gasteiger partial charge in [0, 0.05) is 23.4 Å². The fourth-order valence-electron chi connectivity index (χ4n) is 2.64. The molecule has 2 heterocycles. The molecule has 0 aliphatic carbocycles. The molecule has 1 saturated heterocycles. The fraction of sp³-hybridized carbons (Fsp3) is 0.375. The van der Waals surface area contributed by atoms with Crippen LogP contribution in [0, 0.1) is 0 Å². The van der Waals surface area contributed by atoms with Gasteiger partial charge in [0.15, 0.2) is 6.29 Å². The largest absolute Gasteiger partial charge is 0.394 e. The Balaban J connectivity index is 1.86. The number of aliphatic imine (C=N–C) groups is 1. The molecule has 0 unspecified atom stereocenters. The predicted molar refractivity (Wildman–Crippen MR) is 83.1 cm³/mol. The van der Waals surface area contributed by atoms with E-state index in [0.29, 0.717) is 0 Å². The molecule has 1 fully saturated rings. The van der Waals surface area contributed by atoms with E-state index in [1.165, 1.54) is 6.21 Å². The number of aliphatic hydroxyl groups excluding tert-OH is 4. The molecule has 0 bridgehead atoms. The number of pyridine rings is 1. The van der Waals surface area contributed by atoms with E-state index < -0.39 is 37.3 Å². The zero-order valence-corrected chi connectivity index (χ0v) is 12.2. The highest BCUT2D eigenvalue weighted by Crippen LogP contribution is 2.22. The van der Waals surface area contributed by atoms with Crippen molar-refractivity contribution in [2.45, 2.75) is 30.6 Å². The number of hydrogen-bond acceptors (Lipinski definition) is 7. The van der Waals surface area contributed by atoms with Gasteiger partial charge in [-0.1, -0.05) is 18.2 Å². The van der Waals surface area contributed by atoms with Crippen molar-refractivity contribution >= 4 is 17.1 Å². The summed E-state index contributed by atoms with van der Waals surface area (Å²) in [7, 11) is 0. The second kappa shape index (κ2) is 6.69. The molecular formula is C16H18N2O5. The van der Waals surface area contributed by atoms with Crippen LogP contribution in [0.5, 0.6) is 0 Å². The number of para-hydroxylation sites is 1. The monoisotopic (exact) mass is 318 g/mol. The summed E-state index contributed by atoms with van der Waals surface area (Å²) in [6.07, 6.45) is -1.94. The Kier molecular flexibility index (Phi) is 4.65. The summed E-state index contributed by atoms with van der Waals surface area (Å²) in [5, 5.41) is 39.8. The first-order valence-corrected chi connectivity index (χ1v) is 7.29. The van der Waals surface area contributed by atoms with Crippen LogP contribution in [-0.4, -0.2) is 68.9 Å². The van der Waals surface area contributed by atoms with Crippen LogP contribution in [0.3, 0.4) is 0 Å². The Morgan fingerprint density at radius 2 is 1.91 bits per heavy atom.